The molecule has 0 saturated heterocycles. The average molecular weight is 489 g/mol. The van der Waals surface area contributed by atoms with Crippen LogP contribution in [0.2, 0.25) is 0 Å². The molecule has 3 amide bonds. The molecule has 0 aliphatic rings. The van der Waals surface area contributed by atoms with Crippen molar-refractivity contribution >= 4 is 35.6 Å². The van der Waals surface area contributed by atoms with Gasteiger partial charge in [-0.1, -0.05) is 27.7 Å². The average Bonchev–Trinajstić information content (AvgIpc) is 2.70. The van der Waals surface area contributed by atoms with Crippen LogP contribution in [0.5, 0.6) is 0 Å². The molecule has 0 aromatic heterocycles. The third-order valence-corrected chi connectivity index (χ3v) is 4.86. The van der Waals surface area contributed by atoms with Gasteiger partial charge in [-0.3, -0.25) is 24.0 Å². The van der Waals surface area contributed by atoms with Crippen LogP contribution < -0.4 is 21.7 Å². The van der Waals surface area contributed by atoms with E-state index >= 15 is 0 Å². The lowest BCUT2D eigenvalue weighted by molar-refractivity contribution is -0.143. The summed E-state index contributed by atoms with van der Waals surface area (Å²) in [4.78, 5) is 71.0. The van der Waals surface area contributed by atoms with E-state index in [1.54, 1.807) is 27.7 Å². The first-order chi connectivity index (χ1) is 15.6. The monoisotopic (exact) mass is 488 g/mol. The van der Waals surface area contributed by atoms with E-state index in [4.69, 9.17) is 15.9 Å². The molecule has 34 heavy (non-hydrogen) atoms. The molecule has 0 aromatic carbocycles. The molecule has 0 aromatic rings. The lowest BCUT2D eigenvalue weighted by atomic mass is 9.99. The van der Waals surface area contributed by atoms with E-state index in [2.05, 4.69) is 16.0 Å². The molecule has 13 heteroatoms. The Bertz CT molecular complexity index is 755. The smallest absolute Gasteiger partial charge is 0.326 e. The largest absolute Gasteiger partial charge is 0.481 e. The van der Waals surface area contributed by atoms with Gasteiger partial charge in [0.1, 0.15) is 18.1 Å². The molecule has 0 aliphatic carbocycles. The van der Waals surface area contributed by atoms with Crippen molar-refractivity contribution in [3.8, 4) is 0 Å². The number of nitrogens with one attached hydrogen (secondary N) is 3. The number of nitrogens with two attached hydrogens (primary N) is 1. The van der Waals surface area contributed by atoms with Gasteiger partial charge >= 0.3 is 17.9 Å². The molecular formula is C21H36N4O9. The van der Waals surface area contributed by atoms with E-state index in [1.165, 1.54) is 0 Å². The van der Waals surface area contributed by atoms with Gasteiger partial charge < -0.3 is 37.0 Å². The fourth-order valence-electron chi connectivity index (χ4n) is 2.97. The van der Waals surface area contributed by atoms with Gasteiger partial charge in [-0.2, -0.15) is 0 Å². The summed E-state index contributed by atoms with van der Waals surface area (Å²) in [5.41, 5.74) is 5.65. The molecule has 0 unspecified atom stereocenters. The first kappa shape index (κ1) is 30.8. The number of hydrogen-bond donors (Lipinski definition) is 7. The van der Waals surface area contributed by atoms with Crippen LogP contribution in [0.1, 0.15) is 59.8 Å². The molecule has 0 aliphatic heterocycles. The quantitative estimate of drug-likeness (QED) is 0.144. The second-order valence-corrected chi connectivity index (χ2v) is 8.79. The van der Waals surface area contributed by atoms with Crippen molar-refractivity contribution in [3.05, 3.63) is 0 Å². The number of carboxylic acids is 3. The molecule has 0 heterocycles. The van der Waals surface area contributed by atoms with Crippen molar-refractivity contribution in [2.75, 3.05) is 0 Å². The Morgan fingerprint density at radius 3 is 1.62 bits per heavy atom. The summed E-state index contributed by atoms with van der Waals surface area (Å²) < 4.78 is 0. The van der Waals surface area contributed by atoms with E-state index in [9.17, 15) is 33.9 Å². The zero-order valence-electron chi connectivity index (χ0n) is 19.9. The topological polar surface area (TPSA) is 225 Å². The van der Waals surface area contributed by atoms with Gasteiger partial charge in [0, 0.05) is 12.8 Å². The first-order valence-electron chi connectivity index (χ1n) is 11.0. The summed E-state index contributed by atoms with van der Waals surface area (Å²) >= 11 is 0. The number of hydrogen-bond acceptors (Lipinski definition) is 7. The van der Waals surface area contributed by atoms with E-state index in [0.29, 0.717) is 0 Å². The molecule has 0 radical (unpaired) electrons. The van der Waals surface area contributed by atoms with Crippen molar-refractivity contribution in [2.45, 2.75) is 84.0 Å². The molecule has 0 bridgehead atoms. The van der Waals surface area contributed by atoms with Crippen molar-refractivity contribution in [1.29, 1.82) is 0 Å². The predicted molar refractivity (Wildman–Crippen MR) is 119 cm³/mol. The van der Waals surface area contributed by atoms with E-state index in [0.717, 1.165) is 0 Å². The molecular weight excluding hydrogens is 452 g/mol. The minimum Gasteiger partial charge on any atom is -0.481 e. The van der Waals surface area contributed by atoms with E-state index < -0.39 is 72.1 Å². The molecule has 0 rings (SSSR count). The maximum Gasteiger partial charge on any atom is 0.326 e. The summed E-state index contributed by atoms with van der Waals surface area (Å²) in [6, 6.07) is -4.93. The van der Waals surface area contributed by atoms with Gasteiger partial charge in [0.05, 0.1) is 6.04 Å². The van der Waals surface area contributed by atoms with Crippen molar-refractivity contribution < 1.29 is 44.1 Å². The number of carboxylic acid groups (broad SMARTS) is 3. The number of rotatable bonds is 16. The summed E-state index contributed by atoms with van der Waals surface area (Å²) in [5.74, 6) is -6.54. The number of amides is 3. The standard InChI is InChI=1S/C21H36N4O9/c1-10(2)9-14(20(32)25-17(11(3)4)21(33)34)24-19(31)13(6-8-16(28)29)23-18(30)12(22)5-7-15(26)27/h10-14,17H,5-9,22H2,1-4H3,(H,23,30)(H,24,31)(H,25,32)(H,26,27)(H,28,29)(H,33,34)/t12-,13-,14-,17-/m0/s1. The number of carbonyl (C=O) groups is 6. The van der Waals surface area contributed by atoms with Crippen molar-refractivity contribution in [1.82, 2.24) is 16.0 Å². The zero-order valence-corrected chi connectivity index (χ0v) is 19.9. The van der Waals surface area contributed by atoms with Crippen molar-refractivity contribution in [3.63, 3.8) is 0 Å². The van der Waals surface area contributed by atoms with Crippen LogP contribution in [0.3, 0.4) is 0 Å². The Morgan fingerprint density at radius 1 is 0.706 bits per heavy atom. The van der Waals surface area contributed by atoms with Crippen molar-refractivity contribution in [2.24, 2.45) is 17.6 Å². The molecule has 0 saturated carbocycles. The Kier molecular flexibility index (Phi) is 13.4. The lowest BCUT2D eigenvalue weighted by Gasteiger charge is -2.26. The van der Waals surface area contributed by atoms with Gasteiger partial charge in [-0.05, 0) is 31.1 Å². The molecule has 8 N–H and O–H groups in total. The van der Waals surface area contributed by atoms with Gasteiger partial charge in [0.15, 0.2) is 0 Å². The Balaban J connectivity index is 5.54. The third-order valence-electron chi connectivity index (χ3n) is 4.86. The lowest BCUT2D eigenvalue weighted by Crippen LogP contribution is -2.57. The first-order valence-corrected chi connectivity index (χ1v) is 11.0. The highest BCUT2D eigenvalue weighted by Gasteiger charge is 2.31. The minimum atomic E-state index is -1.36. The van der Waals surface area contributed by atoms with Gasteiger partial charge in [-0.25, -0.2) is 4.79 Å². The molecule has 194 valence electrons. The van der Waals surface area contributed by atoms with Crippen LogP contribution in [0.15, 0.2) is 0 Å². The Labute approximate surface area is 197 Å². The highest BCUT2D eigenvalue weighted by molar-refractivity contribution is 5.94. The second-order valence-electron chi connectivity index (χ2n) is 8.79. The highest BCUT2D eigenvalue weighted by Crippen LogP contribution is 2.09. The van der Waals surface area contributed by atoms with Crippen LogP contribution in [-0.4, -0.2) is 75.1 Å². The SMILES string of the molecule is CC(C)C[C@H](NC(=O)[C@H](CCC(=O)O)NC(=O)[C@@H](N)CCC(=O)O)C(=O)N[C@H](C(=O)O)C(C)C. The van der Waals surface area contributed by atoms with Gasteiger partial charge in [0.25, 0.3) is 0 Å². The van der Waals surface area contributed by atoms with Crippen LogP contribution in [-0.2, 0) is 28.8 Å². The highest BCUT2D eigenvalue weighted by atomic mass is 16.4. The van der Waals surface area contributed by atoms with Crippen LogP contribution in [0.4, 0.5) is 0 Å². The summed E-state index contributed by atoms with van der Waals surface area (Å²) in [6.07, 6.45) is -1.20. The maximum atomic E-state index is 12.9. The fraction of sp³-hybridized carbons (Fsp3) is 0.714. The van der Waals surface area contributed by atoms with Crippen LogP contribution in [0, 0.1) is 11.8 Å². The van der Waals surface area contributed by atoms with Gasteiger partial charge in [-0.15, -0.1) is 0 Å². The fourth-order valence-corrected chi connectivity index (χ4v) is 2.97. The normalized spacial score (nSPS) is 14.6. The maximum absolute atomic E-state index is 12.9. The molecule has 0 fully saturated rings. The minimum absolute atomic E-state index is 0.0742. The second kappa shape index (κ2) is 14.8. The Morgan fingerprint density at radius 2 is 1.18 bits per heavy atom. The zero-order chi connectivity index (χ0) is 26.6. The number of aliphatic carboxylic acids is 3. The third kappa shape index (κ3) is 12.1. The van der Waals surface area contributed by atoms with E-state index in [1.807, 2.05) is 0 Å². The van der Waals surface area contributed by atoms with Crippen LogP contribution >= 0.6 is 0 Å². The molecule has 4 atom stereocenters. The van der Waals surface area contributed by atoms with Gasteiger partial charge in [0.2, 0.25) is 17.7 Å². The molecule has 13 nitrogen and oxygen atoms in total. The Hall–Kier alpha value is -3.22. The predicted octanol–water partition coefficient (Wildman–Crippen LogP) is -0.716. The van der Waals surface area contributed by atoms with E-state index in [-0.39, 0.29) is 31.6 Å². The summed E-state index contributed by atoms with van der Waals surface area (Å²) in [7, 11) is 0. The summed E-state index contributed by atoms with van der Waals surface area (Å²) in [6.45, 7) is 6.80. The summed E-state index contributed by atoms with van der Waals surface area (Å²) in [5, 5.41) is 34.2. The van der Waals surface area contributed by atoms with Crippen LogP contribution in [0.25, 0.3) is 0 Å². The molecule has 0 spiro atoms. The number of carbonyl (C=O) groups excluding carboxylic acids is 3.